The van der Waals surface area contributed by atoms with Gasteiger partial charge in [0.15, 0.2) is 0 Å². The first-order valence-corrected chi connectivity index (χ1v) is 3.62. The van der Waals surface area contributed by atoms with Crippen molar-refractivity contribution in [2.75, 3.05) is 13.0 Å². The van der Waals surface area contributed by atoms with Gasteiger partial charge in [-0.1, -0.05) is 6.08 Å². The molecule has 54 valence electrons. The van der Waals surface area contributed by atoms with E-state index >= 15 is 0 Å². The molecule has 0 radical (unpaired) electrons. The summed E-state index contributed by atoms with van der Waals surface area (Å²) in [7, 11) is 1.66. The van der Waals surface area contributed by atoms with Crippen molar-refractivity contribution >= 4 is 11.6 Å². The lowest BCUT2D eigenvalue weighted by Crippen LogP contribution is -2.12. The third-order valence-electron chi connectivity index (χ3n) is 1.41. The number of ether oxygens (including phenoxy) is 1. The molecule has 1 atom stereocenters. The molecule has 0 fully saturated rings. The monoisotopic (exact) mass is 156 g/mol. The minimum absolute atomic E-state index is 0.0301. The van der Waals surface area contributed by atoms with E-state index < -0.39 is 0 Å². The molecule has 0 bridgehead atoms. The number of allylic oxidation sites excluding steroid dienone is 1. The molecule has 0 aromatic heterocycles. The Morgan fingerprint density at radius 3 is 3.10 bits per heavy atom. The largest absolute Gasteiger partial charge is 0.372 e. The van der Waals surface area contributed by atoms with Crippen LogP contribution in [0.25, 0.3) is 0 Å². The Labute approximate surface area is 65.6 Å². The fraction of sp³-hybridized carbons (Fsp3) is 0.375. The number of hydrogen-bond acceptors (Lipinski definition) is 1. The van der Waals surface area contributed by atoms with E-state index in [0.29, 0.717) is 5.88 Å². The molecule has 1 rings (SSSR count). The normalized spacial score (nSPS) is 23.0. The Hall–Kier alpha value is -0.490. The van der Waals surface area contributed by atoms with E-state index in [0.717, 1.165) is 5.57 Å². The molecule has 0 aromatic rings. The lowest BCUT2D eigenvalue weighted by Gasteiger charge is -2.12. The van der Waals surface area contributed by atoms with E-state index in [1.54, 1.807) is 7.11 Å². The predicted molar refractivity (Wildman–Crippen MR) is 42.3 cm³/mol. The van der Waals surface area contributed by atoms with Gasteiger partial charge < -0.3 is 4.74 Å². The van der Waals surface area contributed by atoms with Crippen molar-refractivity contribution in [3.8, 4) is 0 Å². The molecule has 0 saturated heterocycles. The zero-order valence-electron chi connectivity index (χ0n) is 5.80. The van der Waals surface area contributed by atoms with Crippen molar-refractivity contribution in [2.24, 2.45) is 0 Å². The van der Waals surface area contributed by atoms with E-state index in [4.69, 9.17) is 16.3 Å². The zero-order chi connectivity index (χ0) is 7.40. The molecule has 0 aromatic carbocycles. The quantitative estimate of drug-likeness (QED) is 0.438. The Bertz CT molecular complexity index is 199. The molecule has 0 amide bonds. The van der Waals surface area contributed by atoms with Crippen LogP contribution in [0.1, 0.15) is 0 Å². The summed E-state index contributed by atoms with van der Waals surface area (Å²) in [5.74, 6) is 0.521. The van der Waals surface area contributed by atoms with Crippen molar-refractivity contribution in [1.82, 2.24) is 0 Å². The summed E-state index contributed by atoms with van der Waals surface area (Å²) in [4.78, 5) is 0. The standard InChI is InChI=1S/C8H9ClO/c1-10-8-5-3-2-4-7(8)6-9/h2,4-5,8H,6H2,1H3. The van der Waals surface area contributed by atoms with Crippen molar-refractivity contribution in [3.05, 3.63) is 29.5 Å². The van der Waals surface area contributed by atoms with E-state index in [9.17, 15) is 0 Å². The van der Waals surface area contributed by atoms with Crippen LogP contribution in [-0.2, 0) is 4.74 Å². The van der Waals surface area contributed by atoms with Gasteiger partial charge in [-0.15, -0.1) is 17.3 Å². The molecule has 1 unspecified atom stereocenters. The Morgan fingerprint density at radius 1 is 1.80 bits per heavy atom. The van der Waals surface area contributed by atoms with Gasteiger partial charge in [0.25, 0.3) is 0 Å². The Balaban J connectivity index is 2.73. The van der Waals surface area contributed by atoms with Crippen LogP contribution in [0.4, 0.5) is 0 Å². The average molecular weight is 157 g/mol. The fourth-order valence-corrected chi connectivity index (χ4v) is 1.08. The van der Waals surface area contributed by atoms with E-state index in [2.05, 4.69) is 5.73 Å². The average Bonchev–Trinajstić information content (AvgIpc) is 2.04. The first kappa shape index (κ1) is 7.62. The topological polar surface area (TPSA) is 9.23 Å². The van der Waals surface area contributed by atoms with Crippen molar-refractivity contribution in [2.45, 2.75) is 6.10 Å². The lowest BCUT2D eigenvalue weighted by atomic mass is 10.1. The summed E-state index contributed by atoms with van der Waals surface area (Å²) >= 11 is 5.64. The van der Waals surface area contributed by atoms with Crippen LogP contribution in [0.5, 0.6) is 0 Å². The summed E-state index contributed by atoms with van der Waals surface area (Å²) in [5, 5.41) is 0. The molecule has 10 heavy (non-hydrogen) atoms. The number of methoxy groups -OCH3 is 1. The van der Waals surface area contributed by atoms with Gasteiger partial charge in [-0.3, -0.25) is 0 Å². The Kier molecular flexibility index (Phi) is 2.76. The maximum absolute atomic E-state index is 5.64. The van der Waals surface area contributed by atoms with Crippen molar-refractivity contribution < 1.29 is 4.74 Å². The van der Waals surface area contributed by atoms with E-state index in [-0.39, 0.29) is 6.10 Å². The molecular formula is C8H9ClO. The SMILES string of the molecule is COC1C=C=CC=C1CCl. The number of hydrogen-bond donors (Lipinski definition) is 0. The lowest BCUT2D eigenvalue weighted by molar-refractivity contribution is 0.168. The van der Waals surface area contributed by atoms with Gasteiger partial charge in [0.05, 0.1) is 0 Å². The summed E-state index contributed by atoms with van der Waals surface area (Å²) in [6.45, 7) is 0. The van der Waals surface area contributed by atoms with Crippen LogP contribution >= 0.6 is 11.6 Å². The van der Waals surface area contributed by atoms with Crippen LogP contribution in [-0.4, -0.2) is 19.1 Å². The first-order valence-electron chi connectivity index (χ1n) is 3.09. The van der Waals surface area contributed by atoms with Gasteiger partial charge in [0.1, 0.15) is 6.10 Å². The molecule has 0 heterocycles. The Morgan fingerprint density at radius 2 is 2.60 bits per heavy atom. The fourth-order valence-electron chi connectivity index (χ4n) is 0.840. The van der Waals surface area contributed by atoms with Crippen LogP contribution in [0, 0.1) is 0 Å². The number of rotatable bonds is 2. The second kappa shape index (κ2) is 3.62. The highest BCUT2D eigenvalue weighted by atomic mass is 35.5. The molecule has 0 N–H and O–H groups in total. The molecule has 1 aliphatic rings. The van der Waals surface area contributed by atoms with Crippen LogP contribution < -0.4 is 0 Å². The minimum atomic E-state index is 0.0301. The third-order valence-corrected chi connectivity index (χ3v) is 1.72. The maximum atomic E-state index is 5.64. The second-order valence-electron chi connectivity index (χ2n) is 2.03. The van der Waals surface area contributed by atoms with Crippen LogP contribution in [0.15, 0.2) is 29.5 Å². The zero-order valence-corrected chi connectivity index (χ0v) is 6.56. The number of alkyl halides is 1. The summed E-state index contributed by atoms with van der Waals surface area (Å²) in [6, 6.07) is 0. The van der Waals surface area contributed by atoms with Gasteiger partial charge in [-0.2, -0.15) is 0 Å². The van der Waals surface area contributed by atoms with Gasteiger partial charge in [0.2, 0.25) is 0 Å². The van der Waals surface area contributed by atoms with Gasteiger partial charge in [-0.05, 0) is 17.7 Å². The highest BCUT2D eigenvalue weighted by Crippen LogP contribution is 2.12. The molecule has 0 aliphatic heterocycles. The van der Waals surface area contributed by atoms with Gasteiger partial charge >= 0.3 is 0 Å². The van der Waals surface area contributed by atoms with Crippen LogP contribution in [0.2, 0.25) is 0 Å². The molecule has 0 spiro atoms. The maximum Gasteiger partial charge on any atom is 0.105 e. The van der Waals surface area contributed by atoms with Gasteiger partial charge in [-0.25, -0.2) is 0 Å². The predicted octanol–water partition coefficient (Wildman–Crippen LogP) is 1.89. The molecule has 1 aliphatic carbocycles. The van der Waals surface area contributed by atoms with E-state index in [1.165, 1.54) is 0 Å². The first-order chi connectivity index (χ1) is 4.88. The summed E-state index contributed by atoms with van der Waals surface area (Å²) in [5.41, 5.74) is 4.03. The van der Waals surface area contributed by atoms with Crippen molar-refractivity contribution in [1.29, 1.82) is 0 Å². The molecule has 1 nitrogen and oxygen atoms in total. The van der Waals surface area contributed by atoms with Gasteiger partial charge in [0, 0.05) is 13.0 Å². The molecule has 2 heteroatoms. The van der Waals surface area contributed by atoms with Crippen molar-refractivity contribution in [3.63, 3.8) is 0 Å². The highest BCUT2D eigenvalue weighted by molar-refractivity contribution is 6.19. The second-order valence-corrected chi connectivity index (χ2v) is 2.30. The van der Waals surface area contributed by atoms with E-state index in [1.807, 2.05) is 18.2 Å². The number of halogens is 1. The third kappa shape index (κ3) is 1.51. The highest BCUT2D eigenvalue weighted by Gasteiger charge is 2.09. The molecule has 0 saturated carbocycles. The summed E-state index contributed by atoms with van der Waals surface area (Å²) < 4.78 is 5.10. The molecular weight excluding hydrogens is 148 g/mol. The minimum Gasteiger partial charge on any atom is -0.372 e. The summed E-state index contributed by atoms with van der Waals surface area (Å²) in [6.07, 6.45) is 5.66. The smallest absolute Gasteiger partial charge is 0.105 e. The van der Waals surface area contributed by atoms with Crippen LogP contribution in [0.3, 0.4) is 0 Å².